The minimum absolute atomic E-state index is 0.415. The van der Waals surface area contributed by atoms with Crippen LogP contribution in [0.25, 0.3) is 0 Å². The van der Waals surface area contributed by atoms with Gasteiger partial charge in [0.05, 0.1) is 0 Å². The van der Waals surface area contributed by atoms with Crippen molar-refractivity contribution in [3.8, 4) is 0 Å². The van der Waals surface area contributed by atoms with Crippen molar-refractivity contribution < 1.29 is 4.43 Å². The van der Waals surface area contributed by atoms with Crippen LogP contribution in [-0.2, 0) is 10.8 Å². The number of aryl methyl sites for hydroxylation is 1. The number of rotatable bonds is 6. The van der Waals surface area contributed by atoms with E-state index in [-0.39, 0.29) is 0 Å². The molecule has 70 valence electrons. The smallest absolute Gasteiger partial charge is 0.184 e. The second kappa shape index (κ2) is 6.63. The van der Waals surface area contributed by atoms with Crippen LogP contribution >= 0.6 is 0 Å². The maximum atomic E-state index is 5.43. The molecule has 13 heavy (non-hydrogen) atoms. The molecule has 0 aliphatic carbocycles. The van der Waals surface area contributed by atoms with Gasteiger partial charge in [-0.2, -0.15) is 0 Å². The van der Waals surface area contributed by atoms with E-state index < -0.39 is 9.76 Å². The predicted molar refractivity (Wildman–Crippen MR) is 59.5 cm³/mol. The van der Waals surface area contributed by atoms with Gasteiger partial charge in [-0.05, 0) is 18.4 Å². The van der Waals surface area contributed by atoms with Crippen LogP contribution in [0.3, 0.4) is 0 Å². The molecule has 0 bridgehead atoms. The maximum Gasteiger partial charge on any atom is 0.184 e. The van der Waals surface area contributed by atoms with Crippen LogP contribution in [0.5, 0.6) is 0 Å². The Kier molecular flexibility index (Phi) is 5.21. The first-order valence-electron chi connectivity index (χ1n) is 4.66. The monoisotopic (exact) mass is 192 g/mol. The van der Waals surface area contributed by atoms with Gasteiger partial charge in [-0.15, -0.1) is 6.58 Å². The van der Waals surface area contributed by atoms with Crippen molar-refractivity contribution in [3.05, 3.63) is 48.2 Å². The summed E-state index contributed by atoms with van der Waals surface area (Å²) >= 11 is 0. The van der Waals surface area contributed by atoms with E-state index in [9.17, 15) is 0 Å². The fourth-order valence-electron chi connectivity index (χ4n) is 1.19. The molecule has 0 N–H and O–H groups in total. The van der Waals surface area contributed by atoms with Crippen molar-refractivity contribution in [1.82, 2.24) is 0 Å². The molecule has 0 aliphatic heterocycles. The normalized spacial score (nSPS) is 10.8. The Balaban J connectivity index is 2.10. The highest BCUT2D eigenvalue weighted by Gasteiger charge is 1.90. The minimum atomic E-state index is -0.415. The lowest BCUT2D eigenvalue weighted by atomic mass is 10.1. The number of benzene rings is 1. The summed E-state index contributed by atoms with van der Waals surface area (Å²) in [6.07, 6.45) is 2.23. The van der Waals surface area contributed by atoms with E-state index >= 15 is 0 Å². The van der Waals surface area contributed by atoms with Crippen molar-refractivity contribution in [2.45, 2.75) is 12.8 Å². The van der Waals surface area contributed by atoms with Crippen LogP contribution < -0.4 is 0 Å². The largest absolute Gasteiger partial charge is 0.419 e. The lowest BCUT2D eigenvalue weighted by Gasteiger charge is -2.01. The van der Waals surface area contributed by atoms with E-state index in [4.69, 9.17) is 4.43 Å². The quantitative estimate of drug-likeness (QED) is 0.494. The molecule has 0 atom stereocenters. The molecule has 0 spiro atoms. The SMILES string of the molecule is C=C[SiH2]OCCCc1ccccc1. The van der Waals surface area contributed by atoms with Crippen LogP contribution in [0.2, 0.25) is 0 Å². The number of hydrogen-bond acceptors (Lipinski definition) is 1. The molecule has 0 heterocycles. The van der Waals surface area contributed by atoms with Crippen molar-refractivity contribution in [2.24, 2.45) is 0 Å². The number of hydrogen-bond donors (Lipinski definition) is 0. The summed E-state index contributed by atoms with van der Waals surface area (Å²) in [7, 11) is -0.415. The van der Waals surface area contributed by atoms with E-state index in [0.717, 1.165) is 19.4 Å². The molecule has 1 aromatic carbocycles. The lowest BCUT2D eigenvalue weighted by molar-refractivity contribution is 0.333. The summed E-state index contributed by atoms with van der Waals surface area (Å²) in [6, 6.07) is 10.5. The third kappa shape index (κ3) is 4.65. The highest BCUT2D eigenvalue weighted by molar-refractivity contribution is 6.33. The first-order valence-corrected chi connectivity index (χ1v) is 6.05. The molecule has 0 radical (unpaired) electrons. The van der Waals surface area contributed by atoms with Gasteiger partial charge in [0.15, 0.2) is 9.76 Å². The fraction of sp³-hybridized carbons (Fsp3) is 0.273. The molecule has 1 rings (SSSR count). The second-order valence-corrected chi connectivity index (χ2v) is 4.27. The van der Waals surface area contributed by atoms with Gasteiger partial charge in [0.2, 0.25) is 0 Å². The maximum absolute atomic E-state index is 5.43. The molecule has 1 aromatic rings. The van der Waals surface area contributed by atoms with Crippen molar-refractivity contribution in [1.29, 1.82) is 0 Å². The first kappa shape index (κ1) is 10.2. The summed E-state index contributed by atoms with van der Waals surface area (Å²) in [5.41, 5.74) is 3.31. The second-order valence-electron chi connectivity index (χ2n) is 2.95. The Morgan fingerprint density at radius 1 is 1.31 bits per heavy atom. The Morgan fingerprint density at radius 2 is 2.08 bits per heavy atom. The summed E-state index contributed by atoms with van der Waals surface area (Å²) in [4.78, 5) is 0. The molecule has 0 saturated carbocycles. The van der Waals surface area contributed by atoms with Crippen LogP contribution in [0.4, 0.5) is 0 Å². The standard InChI is InChI=1S/C11H16OSi/c1-2-13-12-10-6-9-11-7-4-3-5-8-11/h2-5,7-8H,1,6,9-10,13H2. The van der Waals surface area contributed by atoms with Gasteiger partial charge in [-0.25, -0.2) is 0 Å². The summed E-state index contributed by atoms with van der Waals surface area (Å²) in [5, 5.41) is 0. The van der Waals surface area contributed by atoms with Crippen LogP contribution in [0.15, 0.2) is 42.6 Å². The van der Waals surface area contributed by atoms with E-state index in [1.807, 2.05) is 11.8 Å². The Labute approximate surface area is 82.4 Å². The third-order valence-corrected chi connectivity index (χ3v) is 2.59. The Morgan fingerprint density at radius 3 is 2.77 bits per heavy atom. The molecule has 2 heteroatoms. The van der Waals surface area contributed by atoms with Crippen LogP contribution in [0, 0.1) is 0 Å². The average molecular weight is 192 g/mol. The van der Waals surface area contributed by atoms with Gasteiger partial charge in [-0.1, -0.05) is 36.0 Å². The van der Waals surface area contributed by atoms with Gasteiger partial charge in [0, 0.05) is 6.61 Å². The zero-order valence-corrected chi connectivity index (χ0v) is 9.32. The minimum Gasteiger partial charge on any atom is -0.419 e. The molecule has 0 saturated heterocycles. The lowest BCUT2D eigenvalue weighted by Crippen LogP contribution is -1.99. The highest BCUT2D eigenvalue weighted by atomic mass is 28.2. The Bertz CT molecular complexity index is 233. The highest BCUT2D eigenvalue weighted by Crippen LogP contribution is 2.01. The third-order valence-electron chi connectivity index (χ3n) is 1.83. The molecular formula is C11H16OSi. The van der Waals surface area contributed by atoms with Crippen molar-refractivity contribution in [3.63, 3.8) is 0 Å². The van der Waals surface area contributed by atoms with E-state index in [1.165, 1.54) is 5.56 Å². The van der Waals surface area contributed by atoms with Gasteiger partial charge in [0.1, 0.15) is 0 Å². The van der Waals surface area contributed by atoms with E-state index in [0.29, 0.717) is 0 Å². The molecular weight excluding hydrogens is 176 g/mol. The average Bonchev–Trinajstić information content (AvgIpc) is 2.19. The van der Waals surface area contributed by atoms with Crippen LogP contribution in [-0.4, -0.2) is 16.4 Å². The Hall–Kier alpha value is -0.863. The molecule has 0 unspecified atom stereocenters. The van der Waals surface area contributed by atoms with E-state index in [2.05, 4.69) is 30.8 Å². The van der Waals surface area contributed by atoms with Crippen LogP contribution in [0.1, 0.15) is 12.0 Å². The zero-order chi connectivity index (χ0) is 9.36. The molecule has 0 aromatic heterocycles. The molecule has 1 nitrogen and oxygen atoms in total. The van der Waals surface area contributed by atoms with E-state index in [1.54, 1.807) is 0 Å². The summed E-state index contributed by atoms with van der Waals surface area (Å²) in [6.45, 7) is 4.54. The predicted octanol–water partition coefficient (Wildman–Crippen LogP) is 1.86. The van der Waals surface area contributed by atoms with Gasteiger partial charge < -0.3 is 4.43 Å². The van der Waals surface area contributed by atoms with Gasteiger partial charge in [0.25, 0.3) is 0 Å². The molecule has 0 aliphatic rings. The molecule has 0 amide bonds. The molecule has 0 fully saturated rings. The van der Waals surface area contributed by atoms with Gasteiger partial charge >= 0.3 is 0 Å². The van der Waals surface area contributed by atoms with Gasteiger partial charge in [-0.3, -0.25) is 0 Å². The summed E-state index contributed by atoms with van der Waals surface area (Å²) < 4.78 is 5.43. The topological polar surface area (TPSA) is 9.23 Å². The fourth-order valence-corrected chi connectivity index (χ4v) is 1.73. The first-order chi connectivity index (χ1) is 6.43. The zero-order valence-electron chi connectivity index (χ0n) is 7.91. The van der Waals surface area contributed by atoms with Crippen molar-refractivity contribution in [2.75, 3.05) is 6.61 Å². The van der Waals surface area contributed by atoms with Crippen molar-refractivity contribution >= 4 is 9.76 Å². The summed E-state index contributed by atoms with van der Waals surface area (Å²) in [5.74, 6) is 0.